The second-order valence-electron chi connectivity index (χ2n) is 3.35. The Hall–Kier alpha value is -0.580. The molecule has 5 heteroatoms. The Morgan fingerprint density at radius 3 is 2.15 bits per heavy atom. The summed E-state index contributed by atoms with van der Waals surface area (Å²) in [6.45, 7) is 3.56. The molecule has 0 fully saturated rings. The van der Waals surface area contributed by atoms with Gasteiger partial charge in [-0.15, -0.1) is 0 Å². The number of hydrogen-bond donors (Lipinski definition) is 1. The number of sulfone groups is 1. The summed E-state index contributed by atoms with van der Waals surface area (Å²) in [7, 11) is -3.49. The van der Waals surface area contributed by atoms with Gasteiger partial charge in [-0.2, -0.15) is 0 Å². The van der Waals surface area contributed by atoms with Crippen molar-refractivity contribution in [2.24, 2.45) is 5.92 Å². The standard InChI is InChI=1S/C8H16O4S/c1-4-5-6(2)7(8(9)10)13(3,11)12/h6-7H,4-5H2,1-3H3,(H,9,10). The van der Waals surface area contributed by atoms with Crippen LogP contribution in [0.5, 0.6) is 0 Å². The van der Waals surface area contributed by atoms with Gasteiger partial charge in [-0.1, -0.05) is 20.3 Å². The molecule has 0 aliphatic carbocycles. The van der Waals surface area contributed by atoms with Gasteiger partial charge in [0.05, 0.1) is 0 Å². The van der Waals surface area contributed by atoms with E-state index >= 15 is 0 Å². The summed E-state index contributed by atoms with van der Waals surface area (Å²) in [6, 6.07) is 0. The minimum absolute atomic E-state index is 0.322. The first kappa shape index (κ1) is 12.4. The average Bonchev–Trinajstić information content (AvgIpc) is 1.82. The van der Waals surface area contributed by atoms with Crippen LogP contribution in [0.15, 0.2) is 0 Å². The van der Waals surface area contributed by atoms with Crippen LogP contribution in [0.25, 0.3) is 0 Å². The summed E-state index contributed by atoms with van der Waals surface area (Å²) in [5.74, 6) is -1.57. The number of carbonyl (C=O) groups is 1. The quantitative estimate of drug-likeness (QED) is 0.729. The van der Waals surface area contributed by atoms with Gasteiger partial charge >= 0.3 is 5.97 Å². The normalized spacial score (nSPS) is 16.5. The molecule has 0 aromatic rings. The maximum atomic E-state index is 11.1. The molecule has 0 rings (SSSR count). The molecule has 0 aromatic heterocycles. The van der Waals surface area contributed by atoms with E-state index in [2.05, 4.69) is 0 Å². The van der Waals surface area contributed by atoms with E-state index in [-0.39, 0.29) is 5.92 Å². The third kappa shape index (κ3) is 3.76. The lowest BCUT2D eigenvalue weighted by molar-refractivity contribution is -0.137. The van der Waals surface area contributed by atoms with Crippen LogP contribution in [0.3, 0.4) is 0 Å². The summed E-state index contributed by atoms with van der Waals surface area (Å²) in [6.07, 6.45) is 2.38. The van der Waals surface area contributed by atoms with Crippen LogP contribution in [-0.2, 0) is 14.6 Å². The second kappa shape index (κ2) is 4.60. The van der Waals surface area contributed by atoms with Crippen molar-refractivity contribution in [3.63, 3.8) is 0 Å². The molecule has 0 heterocycles. The zero-order valence-corrected chi connectivity index (χ0v) is 8.97. The average molecular weight is 208 g/mol. The first-order valence-electron chi connectivity index (χ1n) is 4.22. The number of carboxylic acids is 1. The molecule has 2 unspecified atom stereocenters. The highest BCUT2D eigenvalue weighted by Crippen LogP contribution is 2.17. The van der Waals surface area contributed by atoms with Crippen molar-refractivity contribution < 1.29 is 18.3 Å². The Morgan fingerprint density at radius 2 is 1.92 bits per heavy atom. The van der Waals surface area contributed by atoms with Gasteiger partial charge in [0.15, 0.2) is 15.1 Å². The third-order valence-electron chi connectivity index (χ3n) is 1.97. The van der Waals surface area contributed by atoms with E-state index in [0.29, 0.717) is 6.42 Å². The van der Waals surface area contributed by atoms with Crippen LogP contribution in [0, 0.1) is 5.92 Å². The van der Waals surface area contributed by atoms with E-state index in [9.17, 15) is 13.2 Å². The molecular formula is C8H16O4S. The zero-order valence-electron chi connectivity index (χ0n) is 8.15. The van der Waals surface area contributed by atoms with Crippen molar-refractivity contribution in [1.29, 1.82) is 0 Å². The lowest BCUT2D eigenvalue weighted by atomic mass is 10.0. The predicted molar refractivity (Wildman–Crippen MR) is 50.3 cm³/mol. The zero-order chi connectivity index (χ0) is 10.6. The smallest absolute Gasteiger partial charge is 0.322 e. The minimum Gasteiger partial charge on any atom is -0.480 e. The Morgan fingerprint density at radius 1 is 1.46 bits per heavy atom. The van der Waals surface area contributed by atoms with Gasteiger partial charge in [-0.25, -0.2) is 8.42 Å². The fourth-order valence-corrected chi connectivity index (χ4v) is 2.80. The topological polar surface area (TPSA) is 71.4 Å². The third-order valence-corrected chi connectivity index (χ3v) is 3.55. The largest absolute Gasteiger partial charge is 0.480 e. The summed E-state index contributed by atoms with van der Waals surface area (Å²) in [5.41, 5.74) is 0. The van der Waals surface area contributed by atoms with Gasteiger partial charge in [0.2, 0.25) is 0 Å². The summed E-state index contributed by atoms with van der Waals surface area (Å²) in [4.78, 5) is 10.7. The Labute approximate surface area is 78.9 Å². The first-order valence-corrected chi connectivity index (χ1v) is 6.17. The number of rotatable bonds is 5. The molecule has 4 nitrogen and oxygen atoms in total. The van der Waals surface area contributed by atoms with Gasteiger partial charge in [-0.3, -0.25) is 4.79 Å². The Balaban J connectivity index is 4.73. The minimum atomic E-state index is -3.49. The van der Waals surface area contributed by atoms with Crippen molar-refractivity contribution >= 4 is 15.8 Å². The van der Waals surface area contributed by atoms with Crippen LogP contribution < -0.4 is 0 Å². The van der Waals surface area contributed by atoms with E-state index < -0.39 is 21.1 Å². The van der Waals surface area contributed by atoms with Crippen LogP contribution in [0.2, 0.25) is 0 Å². The van der Waals surface area contributed by atoms with Crippen molar-refractivity contribution in [1.82, 2.24) is 0 Å². The van der Waals surface area contributed by atoms with Gasteiger partial charge in [0, 0.05) is 6.26 Å². The predicted octanol–water partition coefficient (Wildman–Crippen LogP) is 0.920. The number of carboxylic acid groups (broad SMARTS) is 1. The second-order valence-corrected chi connectivity index (χ2v) is 5.52. The molecular weight excluding hydrogens is 192 g/mol. The lowest BCUT2D eigenvalue weighted by Gasteiger charge is -2.17. The van der Waals surface area contributed by atoms with E-state index in [4.69, 9.17) is 5.11 Å². The van der Waals surface area contributed by atoms with Gasteiger partial charge < -0.3 is 5.11 Å². The van der Waals surface area contributed by atoms with Gasteiger partial charge in [-0.05, 0) is 12.3 Å². The van der Waals surface area contributed by atoms with E-state index in [1.807, 2.05) is 6.92 Å². The molecule has 0 saturated carbocycles. The fraction of sp³-hybridized carbons (Fsp3) is 0.875. The molecule has 0 saturated heterocycles. The first-order chi connectivity index (χ1) is 5.80. The molecule has 0 radical (unpaired) electrons. The van der Waals surface area contributed by atoms with E-state index in [0.717, 1.165) is 12.7 Å². The summed E-state index contributed by atoms with van der Waals surface area (Å²) >= 11 is 0. The maximum Gasteiger partial charge on any atom is 0.322 e. The molecule has 13 heavy (non-hydrogen) atoms. The van der Waals surface area contributed by atoms with Crippen molar-refractivity contribution in [3.8, 4) is 0 Å². The fourth-order valence-electron chi connectivity index (χ4n) is 1.46. The molecule has 0 spiro atoms. The molecule has 0 aromatic carbocycles. The highest BCUT2D eigenvalue weighted by atomic mass is 32.2. The maximum absolute atomic E-state index is 11.1. The van der Waals surface area contributed by atoms with Crippen molar-refractivity contribution in [2.75, 3.05) is 6.26 Å². The van der Waals surface area contributed by atoms with Crippen molar-refractivity contribution in [2.45, 2.75) is 31.9 Å². The number of aliphatic carboxylic acids is 1. The highest BCUT2D eigenvalue weighted by Gasteiger charge is 2.33. The molecule has 1 N–H and O–H groups in total. The molecule has 78 valence electrons. The summed E-state index contributed by atoms with van der Waals surface area (Å²) < 4.78 is 22.2. The van der Waals surface area contributed by atoms with Crippen LogP contribution in [0.1, 0.15) is 26.7 Å². The molecule has 2 atom stereocenters. The SMILES string of the molecule is CCCC(C)C(C(=O)O)S(C)(=O)=O. The lowest BCUT2D eigenvalue weighted by Crippen LogP contribution is -2.35. The van der Waals surface area contributed by atoms with Crippen molar-refractivity contribution in [3.05, 3.63) is 0 Å². The Kier molecular flexibility index (Phi) is 4.39. The highest BCUT2D eigenvalue weighted by molar-refractivity contribution is 7.92. The molecule has 0 amide bonds. The van der Waals surface area contributed by atoms with Crippen LogP contribution in [-0.4, -0.2) is 31.0 Å². The number of hydrogen-bond acceptors (Lipinski definition) is 3. The van der Waals surface area contributed by atoms with Crippen LogP contribution >= 0.6 is 0 Å². The molecule has 0 aliphatic rings. The Bertz CT molecular complexity index is 268. The monoisotopic (exact) mass is 208 g/mol. The summed E-state index contributed by atoms with van der Waals surface area (Å²) in [5, 5.41) is 7.47. The van der Waals surface area contributed by atoms with E-state index in [1.165, 1.54) is 0 Å². The van der Waals surface area contributed by atoms with Crippen LogP contribution in [0.4, 0.5) is 0 Å². The molecule has 0 bridgehead atoms. The van der Waals surface area contributed by atoms with Gasteiger partial charge in [0.1, 0.15) is 0 Å². The van der Waals surface area contributed by atoms with Gasteiger partial charge in [0.25, 0.3) is 0 Å². The molecule has 0 aliphatic heterocycles. The van der Waals surface area contributed by atoms with E-state index in [1.54, 1.807) is 6.92 Å².